The molecule has 0 aliphatic heterocycles. The number of alkyl halides is 2. The van der Waals surface area contributed by atoms with Crippen molar-refractivity contribution in [2.45, 2.75) is 32.6 Å². The summed E-state index contributed by atoms with van der Waals surface area (Å²) in [4.78, 5) is 25.9. The summed E-state index contributed by atoms with van der Waals surface area (Å²) in [5.74, 6) is -4.11. The third-order valence-corrected chi connectivity index (χ3v) is 3.80. The molecule has 0 unspecified atom stereocenters. The van der Waals surface area contributed by atoms with E-state index in [0.29, 0.717) is 5.56 Å². The zero-order chi connectivity index (χ0) is 18.2. The van der Waals surface area contributed by atoms with E-state index in [4.69, 9.17) is 5.26 Å². The Labute approximate surface area is 137 Å². The maximum Gasteiger partial charge on any atom is 0.328 e. The van der Waals surface area contributed by atoms with E-state index in [1.165, 1.54) is 19.2 Å². The molecule has 1 heterocycles. The molecule has 0 saturated carbocycles. The van der Waals surface area contributed by atoms with Gasteiger partial charge in [0.05, 0.1) is 11.6 Å². The fourth-order valence-electron chi connectivity index (χ4n) is 2.72. The molecule has 1 aromatic heterocycles. The van der Waals surface area contributed by atoms with Crippen molar-refractivity contribution in [1.29, 1.82) is 5.26 Å². The first-order chi connectivity index (χ1) is 11.1. The summed E-state index contributed by atoms with van der Waals surface area (Å²) in [5.41, 5.74) is -2.39. The fraction of sp³-hybridized carbons (Fsp3) is 0.353. The number of rotatable bonds is 3. The molecule has 0 aliphatic rings. The molecule has 2 aromatic rings. The zero-order valence-corrected chi connectivity index (χ0v) is 13.8. The summed E-state index contributed by atoms with van der Waals surface area (Å²) < 4.78 is 31.2. The maximum absolute atomic E-state index is 15.2. The monoisotopic (exact) mass is 333 g/mol. The number of benzene rings is 1. The van der Waals surface area contributed by atoms with Gasteiger partial charge in [-0.1, -0.05) is 13.8 Å². The Morgan fingerprint density at radius 3 is 2.42 bits per heavy atom. The Kier molecular flexibility index (Phi) is 4.43. The Balaban J connectivity index is 2.89. The number of aromatic nitrogens is 2. The van der Waals surface area contributed by atoms with E-state index in [1.807, 2.05) is 6.07 Å². The lowest BCUT2D eigenvalue weighted by atomic mass is 9.93. The van der Waals surface area contributed by atoms with Gasteiger partial charge in [0.25, 0.3) is 5.56 Å². The van der Waals surface area contributed by atoms with E-state index in [0.717, 1.165) is 10.6 Å². The predicted octanol–water partition coefficient (Wildman–Crippen LogP) is 2.52. The molecular weight excluding hydrogens is 316 g/mol. The van der Waals surface area contributed by atoms with Crippen LogP contribution in [0.25, 0.3) is 0 Å². The number of hydrogen-bond donors (Lipinski definition) is 1. The minimum atomic E-state index is -3.60. The standard InChI is InChI=1S/C17H17F2N3O2/c1-9(2)13-14(22(4)16(24)21-15(13)23)17(18,19)12-6-10(3)5-11(7-12)8-20/h5-7,9H,1-4H3,(H,21,23,24). The molecule has 1 N–H and O–H groups in total. The van der Waals surface area contributed by atoms with Gasteiger partial charge in [-0.05, 0) is 36.6 Å². The van der Waals surface area contributed by atoms with Crippen molar-refractivity contribution in [2.24, 2.45) is 7.05 Å². The second-order valence-corrected chi connectivity index (χ2v) is 6.01. The topological polar surface area (TPSA) is 78.7 Å². The lowest BCUT2D eigenvalue weighted by molar-refractivity contribution is 0.0318. The van der Waals surface area contributed by atoms with Crippen LogP contribution in [0.15, 0.2) is 27.8 Å². The lowest BCUT2D eigenvalue weighted by Crippen LogP contribution is -2.39. The summed E-state index contributed by atoms with van der Waals surface area (Å²) in [6.45, 7) is 4.80. The van der Waals surface area contributed by atoms with Gasteiger partial charge in [-0.25, -0.2) is 4.79 Å². The number of hydrogen-bond acceptors (Lipinski definition) is 3. The Bertz CT molecular complexity index is 950. The first-order valence-corrected chi connectivity index (χ1v) is 7.33. The molecule has 0 radical (unpaired) electrons. The summed E-state index contributed by atoms with van der Waals surface area (Å²) in [6, 6.07) is 5.64. The van der Waals surface area contributed by atoms with Crippen molar-refractivity contribution >= 4 is 0 Å². The van der Waals surface area contributed by atoms with E-state index < -0.39 is 34.3 Å². The number of aromatic amines is 1. The van der Waals surface area contributed by atoms with Crippen LogP contribution in [0.1, 0.15) is 47.7 Å². The van der Waals surface area contributed by atoms with Gasteiger partial charge in [0.2, 0.25) is 0 Å². The summed E-state index contributed by atoms with van der Waals surface area (Å²) in [5, 5.41) is 9.00. The summed E-state index contributed by atoms with van der Waals surface area (Å²) in [7, 11) is 1.19. The second kappa shape index (κ2) is 6.04. The van der Waals surface area contributed by atoms with Crippen molar-refractivity contribution < 1.29 is 8.78 Å². The average molecular weight is 333 g/mol. The van der Waals surface area contributed by atoms with Crippen LogP contribution < -0.4 is 11.2 Å². The first kappa shape index (κ1) is 17.6. The highest BCUT2D eigenvalue weighted by Crippen LogP contribution is 2.38. The molecule has 5 nitrogen and oxygen atoms in total. The van der Waals surface area contributed by atoms with Gasteiger partial charge < -0.3 is 0 Å². The number of halogens is 2. The van der Waals surface area contributed by atoms with Crippen LogP contribution >= 0.6 is 0 Å². The third-order valence-electron chi connectivity index (χ3n) is 3.80. The molecular formula is C17H17F2N3O2. The van der Waals surface area contributed by atoms with E-state index in [2.05, 4.69) is 4.98 Å². The Morgan fingerprint density at radius 2 is 1.88 bits per heavy atom. The van der Waals surface area contributed by atoms with Crippen molar-refractivity contribution in [3.8, 4) is 6.07 Å². The van der Waals surface area contributed by atoms with E-state index in [9.17, 15) is 9.59 Å². The number of H-pyrrole nitrogens is 1. The van der Waals surface area contributed by atoms with Crippen molar-refractivity contribution in [2.75, 3.05) is 0 Å². The predicted molar refractivity (Wildman–Crippen MR) is 85.3 cm³/mol. The number of aryl methyl sites for hydroxylation is 1. The molecule has 0 bridgehead atoms. The van der Waals surface area contributed by atoms with E-state index in [1.54, 1.807) is 20.8 Å². The highest BCUT2D eigenvalue weighted by molar-refractivity contribution is 5.43. The lowest BCUT2D eigenvalue weighted by Gasteiger charge is -2.24. The van der Waals surface area contributed by atoms with Crippen LogP contribution in [0.3, 0.4) is 0 Å². The Hall–Kier alpha value is -2.75. The van der Waals surface area contributed by atoms with Crippen molar-refractivity contribution in [3.05, 3.63) is 67.0 Å². The van der Waals surface area contributed by atoms with Gasteiger partial charge in [-0.15, -0.1) is 0 Å². The summed E-state index contributed by atoms with van der Waals surface area (Å²) >= 11 is 0. The van der Waals surface area contributed by atoms with Crippen LogP contribution in [0.5, 0.6) is 0 Å². The molecule has 0 aliphatic carbocycles. The smallest absolute Gasteiger partial charge is 0.294 e. The molecule has 0 amide bonds. The number of nitriles is 1. The van der Waals surface area contributed by atoms with Crippen LogP contribution in [0, 0.1) is 18.3 Å². The molecule has 126 valence electrons. The molecule has 7 heteroatoms. The molecule has 1 aromatic carbocycles. The molecule has 0 atom stereocenters. The van der Waals surface area contributed by atoms with Crippen LogP contribution in [0.2, 0.25) is 0 Å². The molecule has 24 heavy (non-hydrogen) atoms. The van der Waals surface area contributed by atoms with Gasteiger partial charge in [0, 0.05) is 18.2 Å². The summed E-state index contributed by atoms with van der Waals surface area (Å²) in [6.07, 6.45) is 0. The SMILES string of the molecule is Cc1cc(C#N)cc(C(F)(F)c2c(C(C)C)c(=O)[nH]c(=O)n2C)c1. The van der Waals surface area contributed by atoms with Crippen LogP contribution in [0.4, 0.5) is 8.78 Å². The number of nitrogens with zero attached hydrogens (tertiary/aromatic N) is 2. The minimum Gasteiger partial charge on any atom is -0.294 e. The number of nitrogens with one attached hydrogen (secondary N) is 1. The van der Waals surface area contributed by atoms with E-state index >= 15 is 8.78 Å². The third kappa shape index (κ3) is 2.87. The van der Waals surface area contributed by atoms with E-state index in [-0.39, 0.29) is 11.1 Å². The highest BCUT2D eigenvalue weighted by Gasteiger charge is 2.41. The normalized spacial score (nSPS) is 11.6. The first-order valence-electron chi connectivity index (χ1n) is 7.33. The molecule has 0 fully saturated rings. The van der Waals surface area contributed by atoms with Gasteiger partial charge in [0.15, 0.2) is 0 Å². The molecule has 2 rings (SSSR count). The van der Waals surface area contributed by atoms with Crippen molar-refractivity contribution in [1.82, 2.24) is 9.55 Å². The van der Waals surface area contributed by atoms with Crippen LogP contribution in [-0.4, -0.2) is 9.55 Å². The maximum atomic E-state index is 15.2. The largest absolute Gasteiger partial charge is 0.328 e. The Morgan fingerprint density at radius 1 is 1.25 bits per heavy atom. The van der Waals surface area contributed by atoms with Gasteiger partial charge in [0.1, 0.15) is 5.69 Å². The zero-order valence-electron chi connectivity index (χ0n) is 13.8. The fourth-order valence-corrected chi connectivity index (χ4v) is 2.72. The van der Waals surface area contributed by atoms with Gasteiger partial charge in [-0.3, -0.25) is 14.3 Å². The van der Waals surface area contributed by atoms with Crippen molar-refractivity contribution in [3.63, 3.8) is 0 Å². The minimum absolute atomic E-state index is 0.0885. The average Bonchev–Trinajstić information content (AvgIpc) is 2.49. The quantitative estimate of drug-likeness (QED) is 0.937. The molecule has 0 spiro atoms. The van der Waals surface area contributed by atoms with Gasteiger partial charge >= 0.3 is 11.6 Å². The molecule has 0 saturated heterocycles. The highest BCUT2D eigenvalue weighted by atomic mass is 19.3. The van der Waals surface area contributed by atoms with Gasteiger partial charge in [-0.2, -0.15) is 14.0 Å². The van der Waals surface area contributed by atoms with Crippen LogP contribution in [-0.2, 0) is 13.0 Å². The second-order valence-electron chi connectivity index (χ2n) is 6.01.